The summed E-state index contributed by atoms with van der Waals surface area (Å²) in [5, 5.41) is 0. The Morgan fingerprint density at radius 2 is 1.25 bits per heavy atom. The topological polar surface area (TPSA) is 36.9 Å². The van der Waals surface area contributed by atoms with E-state index in [9.17, 15) is 0 Å². The SMILES string of the molecule is CC(C)(C)CC(C)(C)c1ccc(OCCOCCCl)c(OCCOCCCl)c1. The summed E-state index contributed by atoms with van der Waals surface area (Å²) in [6, 6.07) is 6.19. The molecule has 0 radical (unpaired) electrons. The Labute approximate surface area is 180 Å². The lowest BCUT2D eigenvalue weighted by atomic mass is 9.72. The smallest absolute Gasteiger partial charge is 0.161 e. The lowest BCUT2D eigenvalue weighted by Gasteiger charge is -2.33. The zero-order valence-electron chi connectivity index (χ0n) is 18.0. The zero-order valence-corrected chi connectivity index (χ0v) is 19.5. The van der Waals surface area contributed by atoms with Gasteiger partial charge >= 0.3 is 0 Å². The number of ether oxygens (including phenoxy) is 4. The molecule has 0 aliphatic heterocycles. The molecular formula is C22H36Cl2O4. The first-order valence-corrected chi connectivity index (χ1v) is 10.9. The third-order valence-corrected chi connectivity index (χ3v) is 4.42. The van der Waals surface area contributed by atoms with E-state index in [2.05, 4.69) is 46.8 Å². The average molecular weight is 435 g/mol. The maximum atomic E-state index is 5.97. The Bertz CT molecular complexity index is 556. The highest BCUT2D eigenvalue weighted by atomic mass is 35.5. The highest BCUT2D eigenvalue weighted by Gasteiger charge is 2.28. The van der Waals surface area contributed by atoms with Crippen molar-refractivity contribution in [3.05, 3.63) is 23.8 Å². The third kappa shape index (κ3) is 10.2. The maximum absolute atomic E-state index is 5.97. The van der Waals surface area contributed by atoms with Gasteiger partial charge in [0.25, 0.3) is 0 Å². The van der Waals surface area contributed by atoms with Crippen LogP contribution in [0.25, 0.3) is 0 Å². The van der Waals surface area contributed by atoms with Crippen molar-refractivity contribution in [1.29, 1.82) is 0 Å². The lowest BCUT2D eigenvalue weighted by Crippen LogP contribution is -2.25. The maximum Gasteiger partial charge on any atom is 0.161 e. The molecule has 0 aliphatic rings. The largest absolute Gasteiger partial charge is 0.487 e. The van der Waals surface area contributed by atoms with E-state index in [0.29, 0.717) is 57.2 Å². The minimum atomic E-state index is 0.0213. The summed E-state index contributed by atoms with van der Waals surface area (Å²) in [7, 11) is 0. The van der Waals surface area contributed by atoms with Crippen molar-refractivity contribution in [3.63, 3.8) is 0 Å². The summed E-state index contributed by atoms with van der Waals surface area (Å²) in [4.78, 5) is 0. The van der Waals surface area contributed by atoms with Gasteiger partial charge in [0.2, 0.25) is 0 Å². The van der Waals surface area contributed by atoms with Crippen LogP contribution in [-0.4, -0.2) is 51.4 Å². The van der Waals surface area contributed by atoms with E-state index in [-0.39, 0.29) is 10.8 Å². The van der Waals surface area contributed by atoms with Crippen molar-refractivity contribution >= 4 is 23.2 Å². The minimum Gasteiger partial charge on any atom is -0.487 e. The predicted octanol–water partition coefficient (Wildman–Crippen LogP) is 5.67. The lowest BCUT2D eigenvalue weighted by molar-refractivity contribution is 0.101. The molecule has 28 heavy (non-hydrogen) atoms. The summed E-state index contributed by atoms with van der Waals surface area (Å²) in [5.41, 5.74) is 1.48. The molecule has 0 aliphatic carbocycles. The Balaban J connectivity index is 2.86. The van der Waals surface area contributed by atoms with Crippen LogP contribution in [0.2, 0.25) is 0 Å². The van der Waals surface area contributed by atoms with Gasteiger partial charge in [-0.3, -0.25) is 0 Å². The number of hydrogen-bond donors (Lipinski definition) is 0. The third-order valence-electron chi connectivity index (χ3n) is 4.11. The van der Waals surface area contributed by atoms with Gasteiger partial charge in [0.15, 0.2) is 11.5 Å². The highest BCUT2D eigenvalue weighted by molar-refractivity contribution is 6.18. The fourth-order valence-electron chi connectivity index (χ4n) is 3.32. The molecule has 1 rings (SSSR count). The molecule has 0 spiro atoms. The molecule has 0 N–H and O–H groups in total. The molecule has 1 aromatic rings. The molecule has 0 unspecified atom stereocenters. The van der Waals surface area contributed by atoms with E-state index in [1.807, 2.05) is 6.07 Å². The zero-order chi connectivity index (χ0) is 21.0. The van der Waals surface area contributed by atoms with E-state index >= 15 is 0 Å². The van der Waals surface area contributed by atoms with Crippen LogP contribution in [0.15, 0.2) is 18.2 Å². The highest BCUT2D eigenvalue weighted by Crippen LogP contribution is 2.39. The van der Waals surface area contributed by atoms with Crippen LogP contribution in [-0.2, 0) is 14.9 Å². The molecular weight excluding hydrogens is 399 g/mol. The first kappa shape index (κ1) is 25.4. The van der Waals surface area contributed by atoms with Crippen molar-refractivity contribution in [1.82, 2.24) is 0 Å². The van der Waals surface area contributed by atoms with E-state index < -0.39 is 0 Å². The standard InChI is InChI=1S/C22H36Cl2O4/c1-21(2,3)17-22(4,5)18-6-7-19(27-14-12-25-10-8-23)20(16-18)28-15-13-26-11-9-24/h6-7,16H,8-15,17H2,1-5H3. The quantitative estimate of drug-likeness (QED) is 0.279. The number of alkyl halides is 2. The second-order valence-corrected chi connectivity index (χ2v) is 9.34. The summed E-state index contributed by atoms with van der Waals surface area (Å²) >= 11 is 11.2. The van der Waals surface area contributed by atoms with Crippen LogP contribution in [0.5, 0.6) is 11.5 Å². The van der Waals surface area contributed by atoms with Crippen LogP contribution in [0.1, 0.15) is 46.6 Å². The molecule has 0 atom stereocenters. The van der Waals surface area contributed by atoms with Gasteiger partial charge in [-0.05, 0) is 34.9 Å². The monoisotopic (exact) mass is 434 g/mol. The fourth-order valence-corrected chi connectivity index (χ4v) is 3.54. The molecule has 0 heterocycles. The number of halogens is 2. The van der Waals surface area contributed by atoms with Crippen LogP contribution in [0.3, 0.4) is 0 Å². The summed E-state index contributed by atoms with van der Waals surface area (Å²) in [6.07, 6.45) is 1.06. The van der Waals surface area contributed by atoms with E-state index in [4.69, 9.17) is 42.1 Å². The molecule has 0 amide bonds. The van der Waals surface area contributed by atoms with Crippen LogP contribution in [0, 0.1) is 5.41 Å². The Morgan fingerprint density at radius 1 is 0.714 bits per heavy atom. The Hall–Kier alpha value is -0.680. The van der Waals surface area contributed by atoms with Gasteiger partial charge in [-0.2, -0.15) is 0 Å². The van der Waals surface area contributed by atoms with Crippen molar-refractivity contribution < 1.29 is 18.9 Å². The number of rotatable bonds is 14. The van der Waals surface area contributed by atoms with Gasteiger partial charge in [-0.25, -0.2) is 0 Å². The number of hydrogen-bond acceptors (Lipinski definition) is 4. The van der Waals surface area contributed by atoms with Gasteiger partial charge < -0.3 is 18.9 Å². The van der Waals surface area contributed by atoms with E-state index in [1.54, 1.807) is 0 Å². The van der Waals surface area contributed by atoms with Gasteiger partial charge in [-0.1, -0.05) is 40.7 Å². The fraction of sp³-hybridized carbons (Fsp3) is 0.727. The van der Waals surface area contributed by atoms with Gasteiger partial charge in [0, 0.05) is 11.8 Å². The molecule has 0 fully saturated rings. The molecule has 0 aromatic heterocycles. The molecule has 0 bridgehead atoms. The normalized spacial score (nSPS) is 12.2. The van der Waals surface area contributed by atoms with Crippen LogP contribution >= 0.6 is 23.2 Å². The molecule has 162 valence electrons. The second-order valence-electron chi connectivity index (χ2n) is 8.58. The molecule has 6 heteroatoms. The van der Waals surface area contributed by atoms with Gasteiger partial charge in [-0.15, -0.1) is 23.2 Å². The average Bonchev–Trinajstić information content (AvgIpc) is 2.60. The van der Waals surface area contributed by atoms with Gasteiger partial charge in [0.05, 0.1) is 26.4 Å². The second kappa shape index (κ2) is 12.8. The summed E-state index contributed by atoms with van der Waals surface area (Å²) < 4.78 is 22.6. The minimum absolute atomic E-state index is 0.0213. The molecule has 1 aromatic carbocycles. The predicted molar refractivity (Wildman–Crippen MR) is 118 cm³/mol. The van der Waals surface area contributed by atoms with E-state index in [0.717, 1.165) is 12.2 Å². The van der Waals surface area contributed by atoms with Crippen molar-refractivity contribution in [2.24, 2.45) is 5.41 Å². The van der Waals surface area contributed by atoms with Crippen molar-refractivity contribution in [2.75, 3.05) is 51.4 Å². The Kier molecular flexibility index (Phi) is 11.6. The summed E-state index contributed by atoms with van der Waals surface area (Å²) in [6.45, 7) is 14.2. The van der Waals surface area contributed by atoms with Crippen molar-refractivity contribution in [3.8, 4) is 11.5 Å². The summed E-state index contributed by atoms with van der Waals surface area (Å²) in [5.74, 6) is 2.40. The van der Waals surface area contributed by atoms with Crippen LogP contribution < -0.4 is 9.47 Å². The van der Waals surface area contributed by atoms with Crippen LogP contribution in [0.4, 0.5) is 0 Å². The Morgan fingerprint density at radius 3 is 1.75 bits per heavy atom. The van der Waals surface area contributed by atoms with Gasteiger partial charge in [0.1, 0.15) is 13.2 Å². The van der Waals surface area contributed by atoms with Crippen molar-refractivity contribution in [2.45, 2.75) is 46.5 Å². The number of benzene rings is 1. The molecule has 0 saturated heterocycles. The first-order chi connectivity index (χ1) is 13.2. The first-order valence-electron chi connectivity index (χ1n) is 9.87. The molecule has 0 saturated carbocycles. The van der Waals surface area contributed by atoms with E-state index in [1.165, 1.54) is 5.56 Å². The molecule has 4 nitrogen and oxygen atoms in total.